The largest absolute Gasteiger partial charge is 0.139 e. The maximum Gasteiger partial charge on any atom is 0.139 e. The minimum absolute atomic E-state index is 1.05. The lowest BCUT2D eigenvalue weighted by Gasteiger charge is -1.91. The van der Waals surface area contributed by atoms with Crippen LogP contribution in [0.5, 0.6) is 0 Å². The van der Waals surface area contributed by atoms with E-state index in [2.05, 4.69) is 31.8 Å². The van der Waals surface area contributed by atoms with Crippen molar-refractivity contribution in [2.45, 2.75) is 0 Å². The summed E-state index contributed by atoms with van der Waals surface area (Å²) in [5.74, 6) is 6.27. The number of hydrogen-bond acceptors (Lipinski definition) is 0. The predicted molar refractivity (Wildman–Crippen MR) is 67.0 cm³/mol. The van der Waals surface area contributed by atoms with Gasteiger partial charge in [0.05, 0.1) is 0 Å². The molecule has 0 N–H and O–H groups in total. The lowest BCUT2D eigenvalue weighted by molar-refractivity contribution is 1.64. The Morgan fingerprint density at radius 1 is 0.667 bits per heavy atom. The first-order chi connectivity index (χ1) is 7.34. The van der Waals surface area contributed by atoms with Gasteiger partial charge in [-0.25, -0.2) is 0 Å². The molecule has 0 radical (unpaired) electrons. The molecule has 0 aromatic heterocycles. The minimum Gasteiger partial charge on any atom is -0.0889 e. The summed E-state index contributed by atoms with van der Waals surface area (Å²) in [6.45, 7) is 0. The fourth-order valence-electron chi connectivity index (χ4n) is 1.30. The summed E-state index contributed by atoms with van der Waals surface area (Å²) < 4.78 is 0. The van der Waals surface area contributed by atoms with E-state index >= 15 is 0 Å². The van der Waals surface area contributed by atoms with Gasteiger partial charge in [0.15, 0.2) is 0 Å². The van der Waals surface area contributed by atoms with Crippen molar-refractivity contribution in [2.75, 3.05) is 0 Å². The second-order valence-electron chi connectivity index (χ2n) is 3.48. The van der Waals surface area contributed by atoms with Gasteiger partial charge < -0.3 is 0 Å². The van der Waals surface area contributed by atoms with Crippen molar-refractivity contribution in [3.05, 3.63) is 65.7 Å². The van der Waals surface area contributed by atoms with Gasteiger partial charge in [-0.3, -0.25) is 0 Å². The Balaban J connectivity index is 2.22. The highest BCUT2D eigenvalue weighted by atomic mass is 13.9. The van der Waals surface area contributed by atoms with E-state index in [4.69, 9.17) is 0 Å². The van der Waals surface area contributed by atoms with Gasteiger partial charge in [0.2, 0.25) is 0 Å². The molecule has 0 amide bonds. The Bertz CT molecular complexity index is 486. The second kappa shape index (κ2) is 4.53. The molecule has 0 aliphatic rings. The van der Waals surface area contributed by atoms with Crippen LogP contribution in [0.4, 0.5) is 0 Å². The molecule has 0 aliphatic heterocycles. The highest BCUT2D eigenvalue weighted by Gasteiger charge is 1.86. The van der Waals surface area contributed by atoms with Gasteiger partial charge >= 0.3 is 0 Å². The van der Waals surface area contributed by atoms with Crippen molar-refractivity contribution in [3.63, 3.8) is 0 Å². The molecule has 0 atom stereocenters. The van der Waals surface area contributed by atoms with Gasteiger partial charge in [-0.05, 0) is 24.3 Å². The first-order valence-corrected chi connectivity index (χ1v) is 4.98. The zero-order chi connectivity index (χ0) is 10.5. The van der Waals surface area contributed by atoms with Gasteiger partial charge in [-0.1, -0.05) is 47.6 Å². The topological polar surface area (TPSA) is 0 Å². The van der Waals surface area contributed by atoms with Crippen LogP contribution in [0.1, 0.15) is 11.1 Å². The molecular formula is C14H11B. The summed E-state index contributed by atoms with van der Waals surface area (Å²) >= 11 is 0. The summed E-state index contributed by atoms with van der Waals surface area (Å²) in [5, 5.41) is 0. The molecule has 0 saturated heterocycles. The molecule has 0 saturated carbocycles. The molecule has 0 spiro atoms. The van der Waals surface area contributed by atoms with E-state index in [1.165, 1.54) is 5.46 Å². The predicted octanol–water partition coefficient (Wildman–Crippen LogP) is 1.34. The van der Waals surface area contributed by atoms with E-state index in [0.29, 0.717) is 0 Å². The Labute approximate surface area is 91.4 Å². The third kappa shape index (κ3) is 2.75. The molecule has 2 rings (SSSR count). The Kier molecular flexibility index (Phi) is 2.90. The SMILES string of the molecule is Bc1ccc(C#Cc2ccccc2)cc1. The van der Waals surface area contributed by atoms with E-state index in [-0.39, 0.29) is 0 Å². The third-order valence-corrected chi connectivity index (χ3v) is 2.18. The van der Waals surface area contributed by atoms with Crippen molar-refractivity contribution >= 4 is 13.3 Å². The average Bonchev–Trinajstić information content (AvgIpc) is 2.30. The lowest BCUT2D eigenvalue weighted by atomic mass is 9.95. The van der Waals surface area contributed by atoms with Crippen LogP contribution in [-0.4, -0.2) is 7.85 Å². The average molecular weight is 190 g/mol. The zero-order valence-electron chi connectivity index (χ0n) is 8.70. The van der Waals surface area contributed by atoms with Crippen LogP contribution >= 0.6 is 0 Å². The monoisotopic (exact) mass is 190 g/mol. The van der Waals surface area contributed by atoms with Crippen molar-refractivity contribution in [3.8, 4) is 11.8 Å². The molecule has 0 unspecified atom stereocenters. The van der Waals surface area contributed by atoms with Crippen molar-refractivity contribution in [1.82, 2.24) is 0 Å². The van der Waals surface area contributed by atoms with E-state index < -0.39 is 0 Å². The normalized spacial score (nSPS) is 9.07. The first kappa shape index (κ1) is 9.61. The highest BCUT2D eigenvalue weighted by Crippen LogP contribution is 1.97. The van der Waals surface area contributed by atoms with Gasteiger partial charge in [-0.2, -0.15) is 0 Å². The standard InChI is InChI=1S/C14H11B/c15-14-10-8-13(9-11-14)7-6-12-4-2-1-3-5-12/h1-5,8-11H,15H2. The molecule has 70 valence electrons. The molecule has 0 nitrogen and oxygen atoms in total. The van der Waals surface area contributed by atoms with Crippen LogP contribution in [-0.2, 0) is 0 Å². The lowest BCUT2D eigenvalue weighted by Crippen LogP contribution is -1.99. The Morgan fingerprint density at radius 2 is 1.20 bits per heavy atom. The van der Waals surface area contributed by atoms with E-state index in [0.717, 1.165) is 11.1 Å². The number of benzene rings is 2. The fourth-order valence-corrected chi connectivity index (χ4v) is 1.30. The van der Waals surface area contributed by atoms with Gasteiger partial charge in [0.1, 0.15) is 7.85 Å². The van der Waals surface area contributed by atoms with Crippen LogP contribution < -0.4 is 5.46 Å². The summed E-state index contributed by atoms with van der Waals surface area (Å²) in [6, 6.07) is 18.3. The van der Waals surface area contributed by atoms with Crippen LogP contribution in [0.25, 0.3) is 0 Å². The summed E-state index contributed by atoms with van der Waals surface area (Å²) in [5.41, 5.74) is 3.38. The maximum atomic E-state index is 3.14. The molecular weight excluding hydrogens is 179 g/mol. The van der Waals surface area contributed by atoms with Crippen LogP contribution in [0, 0.1) is 11.8 Å². The molecule has 2 aromatic carbocycles. The van der Waals surface area contributed by atoms with Gasteiger partial charge in [-0.15, -0.1) is 0 Å². The second-order valence-corrected chi connectivity index (χ2v) is 3.48. The number of hydrogen-bond donors (Lipinski definition) is 0. The van der Waals surface area contributed by atoms with Crippen molar-refractivity contribution in [2.24, 2.45) is 0 Å². The molecule has 15 heavy (non-hydrogen) atoms. The third-order valence-electron chi connectivity index (χ3n) is 2.18. The van der Waals surface area contributed by atoms with Crippen LogP contribution in [0.2, 0.25) is 0 Å². The molecule has 1 heteroatoms. The molecule has 0 aliphatic carbocycles. The Morgan fingerprint density at radius 3 is 1.80 bits per heavy atom. The first-order valence-electron chi connectivity index (χ1n) is 4.98. The summed E-state index contributed by atoms with van der Waals surface area (Å²) in [4.78, 5) is 0. The van der Waals surface area contributed by atoms with E-state index in [1.54, 1.807) is 0 Å². The van der Waals surface area contributed by atoms with Gasteiger partial charge in [0, 0.05) is 11.1 Å². The number of rotatable bonds is 0. The van der Waals surface area contributed by atoms with Crippen molar-refractivity contribution < 1.29 is 0 Å². The van der Waals surface area contributed by atoms with E-state index in [1.807, 2.05) is 42.5 Å². The van der Waals surface area contributed by atoms with Crippen LogP contribution in [0.15, 0.2) is 54.6 Å². The van der Waals surface area contributed by atoms with Gasteiger partial charge in [0.25, 0.3) is 0 Å². The Hall–Kier alpha value is -1.94. The zero-order valence-corrected chi connectivity index (χ0v) is 8.70. The smallest absolute Gasteiger partial charge is 0.0889 e. The maximum absolute atomic E-state index is 3.14. The highest BCUT2D eigenvalue weighted by molar-refractivity contribution is 6.32. The van der Waals surface area contributed by atoms with Crippen molar-refractivity contribution in [1.29, 1.82) is 0 Å². The quantitative estimate of drug-likeness (QED) is 0.434. The summed E-state index contributed by atoms with van der Waals surface area (Å²) in [7, 11) is 2.08. The molecule has 0 bridgehead atoms. The molecule has 0 heterocycles. The molecule has 0 fully saturated rings. The fraction of sp³-hybridized carbons (Fsp3) is 0. The summed E-state index contributed by atoms with van der Waals surface area (Å²) in [6.07, 6.45) is 0. The van der Waals surface area contributed by atoms with Crippen LogP contribution in [0.3, 0.4) is 0 Å². The molecule has 2 aromatic rings. The minimum atomic E-state index is 1.05. The van der Waals surface area contributed by atoms with E-state index in [9.17, 15) is 0 Å².